The molecule has 35 heavy (non-hydrogen) atoms. The van der Waals surface area contributed by atoms with Gasteiger partial charge in [0, 0.05) is 13.0 Å². The number of amides is 3. The number of nitrogens with two attached hydrogens (primary N) is 3. The summed E-state index contributed by atoms with van der Waals surface area (Å²) in [6.07, 6.45) is 1.33. The number of aliphatic hydroxyl groups excluding tert-OH is 1. The average Bonchev–Trinajstić information content (AvgIpc) is 2.79. The van der Waals surface area contributed by atoms with Crippen LogP contribution in [0.4, 0.5) is 0 Å². The molecule has 0 aromatic carbocycles. The first-order valence-corrected chi connectivity index (χ1v) is 12.1. The molecule has 0 heterocycles. The number of carboxylic acid groups (broad SMARTS) is 2. The Hall–Kier alpha value is -3.11. The second-order valence-corrected chi connectivity index (χ2v) is 8.46. The van der Waals surface area contributed by atoms with E-state index in [-0.39, 0.29) is 38.2 Å². The first-order chi connectivity index (χ1) is 16.4. The molecule has 0 aliphatic carbocycles. The largest absolute Gasteiger partial charge is 0.481 e. The molecular weight excluding hydrogens is 486 g/mol. The van der Waals surface area contributed by atoms with Crippen molar-refractivity contribution in [3.8, 4) is 0 Å². The van der Waals surface area contributed by atoms with Crippen molar-refractivity contribution in [1.82, 2.24) is 16.0 Å². The van der Waals surface area contributed by atoms with Crippen molar-refractivity contribution in [2.45, 2.75) is 56.3 Å². The van der Waals surface area contributed by atoms with Crippen molar-refractivity contribution in [1.29, 1.82) is 0 Å². The van der Waals surface area contributed by atoms with Crippen molar-refractivity contribution in [3.63, 3.8) is 0 Å². The number of aliphatic carboxylic acids is 2. The Morgan fingerprint density at radius 1 is 0.886 bits per heavy atom. The molecule has 12 N–H and O–H groups in total. The lowest BCUT2D eigenvalue weighted by Gasteiger charge is -2.25. The van der Waals surface area contributed by atoms with E-state index < -0.39 is 66.9 Å². The van der Waals surface area contributed by atoms with Gasteiger partial charge in [0.15, 0.2) is 5.96 Å². The van der Waals surface area contributed by atoms with Crippen LogP contribution in [0.2, 0.25) is 0 Å². The van der Waals surface area contributed by atoms with Crippen LogP contribution < -0.4 is 33.2 Å². The molecule has 0 aromatic rings. The van der Waals surface area contributed by atoms with Crippen molar-refractivity contribution in [2.75, 3.05) is 25.2 Å². The number of guanidine groups is 1. The van der Waals surface area contributed by atoms with Crippen LogP contribution in [0, 0.1) is 0 Å². The van der Waals surface area contributed by atoms with E-state index in [1.165, 1.54) is 11.8 Å². The van der Waals surface area contributed by atoms with E-state index in [4.69, 9.17) is 27.4 Å². The maximum Gasteiger partial charge on any atom is 0.326 e. The highest BCUT2D eigenvalue weighted by atomic mass is 32.2. The maximum absolute atomic E-state index is 12.9. The van der Waals surface area contributed by atoms with Crippen molar-refractivity contribution in [2.24, 2.45) is 22.2 Å². The van der Waals surface area contributed by atoms with Crippen LogP contribution >= 0.6 is 11.8 Å². The van der Waals surface area contributed by atoms with Crippen molar-refractivity contribution < 1.29 is 39.3 Å². The molecule has 0 spiro atoms. The molecule has 3 amide bonds. The lowest BCUT2D eigenvalue weighted by molar-refractivity contribution is -0.143. The number of carboxylic acids is 2. The molecule has 0 aliphatic rings. The molecule has 4 unspecified atom stereocenters. The zero-order valence-electron chi connectivity index (χ0n) is 19.4. The fraction of sp³-hybridized carbons (Fsp3) is 0.684. The lowest BCUT2D eigenvalue weighted by Crippen LogP contribution is -2.57. The molecule has 16 heteroatoms. The van der Waals surface area contributed by atoms with E-state index in [9.17, 15) is 29.1 Å². The van der Waals surface area contributed by atoms with Crippen LogP contribution in [-0.2, 0) is 24.0 Å². The molecule has 0 rings (SSSR count). The molecule has 4 atom stereocenters. The summed E-state index contributed by atoms with van der Waals surface area (Å²) in [4.78, 5) is 64.0. The summed E-state index contributed by atoms with van der Waals surface area (Å²) < 4.78 is 0. The molecule has 15 nitrogen and oxygen atoms in total. The molecular formula is C19H35N7O8S. The summed E-state index contributed by atoms with van der Waals surface area (Å²) in [7, 11) is 0. The Kier molecular flexibility index (Phi) is 15.8. The summed E-state index contributed by atoms with van der Waals surface area (Å²) in [5.41, 5.74) is 16.0. The normalized spacial score (nSPS) is 14.0. The van der Waals surface area contributed by atoms with Gasteiger partial charge in [-0.2, -0.15) is 11.8 Å². The third-order valence-electron chi connectivity index (χ3n) is 4.62. The van der Waals surface area contributed by atoms with Gasteiger partial charge < -0.3 is 48.5 Å². The van der Waals surface area contributed by atoms with Gasteiger partial charge in [-0.25, -0.2) is 4.79 Å². The molecule has 0 aliphatic heterocycles. The second kappa shape index (κ2) is 17.3. The number of aliphatic imine (C=N–C) groups is 1. The highest BCUT2D eigenvalue weighted by Crippen LogP contribution is 2.06. The van der Waals surface area contributed by atoms with Crippen LogP contribution in [-0.4, -0.2) is 100 Å². The van der Waals surface area contributed by atoms with Crippen LogP contribution in [0.25, 0.3) is 0 Å². The van der Waals surface area contributed by atoms with E-state index >= 15 is 0 Å². The minimum absolute atomic E-state index is 0.0191. The zero-order valence-corrected chi connectivity index (χ0v) is 20.3. The number of carbonyl (C=O) groups excluding carboxylic acids is 3. The second-order valence-electron chi connectivity index (χ2n) is 7.47. The highest BCUT2D eigenvalue weighted by molar-refractivity contribution is 7.98. The molecule has 0 saturated heterocycles. The van der Waals surface area contributed by atoms with E-state index in [0.717, 1.165) is 0 Å². The number of carbonyl (C=O) groups is 5. The minimum atomic E-state index is -1.39. The Labute approximate surface area is 206 Å². The Morgan fingerprint density at radius 3 is 1.91 bits per heavy atom. The number of nitrogens with zero attached hydrogens (tertiary/aromatic N) is 1. The lowest BCUT2D eigenvalue weighted by atomic mass is 10.1. The van der Waals surface area contributed by atoms with Crippen molar-refractivity contribution >= 4 is 47.4 Å². The standard InChI is InChI=1S/C19H35N7O8S/c1-35-8-6-13(18(33)34)26-17(32)12(4-5-14(28)29)25-16(31)11(3-2-7-23-19(21)22)24-15(30)10(20)9-27/h10-13,27H,2-9,20H2,1H3,(H,24,30)(H,25,31)(H,26,32)(H,28,29)(H,33,34)(H4,21,22,23). The number of nitrogens with one attached hydrogen (secondary N) is 3. The van der Waals surface area contributed by atoms with Gasteiger partial charge in [-0.1, -0.05) is 0 Å². The number of thioether (sulfide) groups is 1. The van der Waals surface area contributed by atoms with Gasteiger partial charge in [0.1, 0.15) is 24.2 Å². The van der Waals surface area contributed by atoms with Gasteiger partial charge in [-0.15, -0.1) is 0 Å². The topological polar surface area (TPSA) is 273 Å². The van der Waals surface area contributed by atoms with Gasteiger partial charge in [0.05, 0.1) is 6.61 Å². The first-order valence-electron chi connectivity index (χ1n) is 10.7. The fourth-order valence-corrected chi connectivity index (χ4v) is 3.18. The minimum Gasteiger partial charge on any atom is -0.481 e. The fourth-order valence-electron chi connectivity index (χ4n) is 2.71. The van der Waals surface area contributed by atoms with E-state index in [0.29, 0.717) is 5.75 Å². The Morgan fingerprint density at radius 2 is 1.43 bits per heavy atom. The van der Waals surface area contributed by atoms with Gasteiger partial charge in [-0.3, -0.25) is 24.2 Å². The maximum atomic E-state index is 12.9. The summed E-state index contributed by atoms with van der Waals surface area (Å²) in [5, 5.41) is 34.4. The third-order valence-corrected chi connectivity index (χ3v) is 5.26. The average molecular weight is 522 g/mol. The van der Waals surface area contributed by atoms with Crippen LogP contribution in [0.3, 0.4) is 0 Å². The highest BCUT2D eigenvalue weighted by Gasteiger charge is 2.30. The summed E-state index contributed by atoms with van der Waals surface area (Å²) >= 11 is 1.38. The van der Waals surface area contributed by atoms with Crippen LogP contribution in [0.5, 0.6) is 0 Å². The number of aliphatic hydroxyl groups is 1. The number of hydrogen-bond acceptors (Lipinski definition) is 9. The molecule has 200 valence electrons. The molecule has 0 radical (unpaired) electrons. The van der Waals surface area contributed by atoms with Gasteiger partial charge in [0.2, 0.25) is 17.7 Å². The summed E-state index contributed by atoms with van der Waals surface area (Å²) in [6, 6.07) is -5.15. The zero-order chi connectivity index (χ0) is 27.0. The van der Waals surface area contributed by atoms with Gasteiger partial charge in [-0.05, 0) is 37.7 Å². The Balaban J connectivity index is 5.57. The predicted molar refractivity (Wildman–Crippen MR) is 128 cm³/mol. The van der Waals surface area contributed by atoms with E-state index in [1.54, 1.807) is 6.26 Å². The third kappa shape index (κ3) is 14.0. The number of rotatable bonds is 18. The Bertz CT molecular complexity index is 763. The van der Waals surface area contributed by atoms with Crippen LogP contribution in [0.15, 0.2) is 4.99 Å². The quantitative estimate of drug-likeness (QED) is 0.0483. The van der Waals surface area contributed by atoms with Gasteiger partial charge in [0.25, 0.3) is 0 Å². The first kappa shape index (κ1) is 31.9. The van der Waals surface area contributed by atoms with E-state index in [2.05, 4.69) is 20.9 Å². The summed E-state index contributed by atoms with van der Waals surface area (Å²) in [5.74, 6) is -4.79. The SMILES string of the molecule is CSCCC(NC(=O)C(CCC(=O)O)NC(=O)C(CCCN=C(N)N)NC(=O)C(N)CO)C(=O)O. The molecule has 0 fully saturated rings. The number of hydrogen-bond donors (Lipinski definition) is 9. The van der Waals surface area contributed by atoms with Crippen LogP contribution in [0.1, 0.15) is 32.1 Å². The van der Waals surface area contributed by atoms with E-state index in [1.807, 2.05) is 0 Å². The predicted octanol–water partition coefficient (Wildman–Crippen LogP) is -3.48. The summed E-state index contributed by atoms with van der Waals surface area (Å²) in [6.45, 7) is -0.545. The van der Waals surface area contributed by atoms with Gasteiger partial charge >= 0.3 is 11.9 Å². The molecule has 0 aromatic heterocycles. The monoisotopic (exact) mass is 521 g/mol. The molecule has 0 saturated carbocycles. The smallest absolute Gasteiger partial charge is 0.326 e. The van der Waals surface area contributed by atoms with Crippen molar-refractivity contribution in [3.05, 3.63) is 0 Å². The molecule has 0 bridgehead atoms.